The van der Waals surface area contributed by atoms with E-state index in [1.54, 1.807) is 6.20 Å². The van der Waals surface area contributed by atoms with Crippen LogP contribution in [-0.4, -0.2) is 54.1 Å². The fraction of sp³-hybridized carbons (Fsp3) is 0.125. The number of hydrogen-bond acceptors (Lipinski definition) is 7. The molecule has 0 bridgehead atoms. The van der Waals surface area contributed by atoms with Gasteiger partial charge in [-0.15, -0.1) is 11.3 Å². The lowest BCUT2D eigenvalue weighted by molar-refractivity contribution is 0.402. The third-order valence-corrected chi connectivity index (χ3v) is 6.67. The Balaban J connectivity index is 1.45. The van der Waals surface area contributed by atoms with Crippen LogP contribution in [0.5, 0.6) is 0 Å². The summed E-state index contributed by atoms with van der Waals surface area (Å²) >= 11 is 7.62. The Bertz CT molecular complexity index is 1650. The summed E-state index contributed by atoms with van der Waals surface area (Å²) in [6.45, 7) is 0.810. The van der Waals surface area contributed by atoms with Gasteiger partial charge in [0.05, 0.1) is 25.9 Å². The summed E-state index contributed by atoms with van der Waals surface area (Å²) in [5.41, 5.74) is 7.57. The molecule has 6 heterocycles. The molecule has 0 saturated heterocycles. The normalized spacial score (nSPS) is 11.8. The molecule has 0 aliphatic carbocycles. The van der Waals surface area contributed by atoms with Crippen molar-refractivity contribution in [2.75, 3.05) is 14.1 Å². The van der Waals surface area contributed by atoms with E-state index in [0.717, 1.165) is 56.0 Å². The Morgan fingerprint density at radius 3 is 2.68 bits per heavy atom. The summed E-state index contributed by atoms with van der Waals surface area (Å²) in [5, 5.41) is 7.59. The zero-order chi connectivity index (χ0) is 23.2. The van der Waals surface area contributed by atoms with Crippen LogP contribution in [0.25, 0.3) is 55.4 Å². The van der Waals surface area contributed by atoms with E-state index in [0.29, 0.717) is 15.9 Å². The minimum Gasteiger partial charge on any atom is -0.336 e. The van der Waals surface area contributed by atoms with E-state index in [4.69, 9.17) is 21.6 Å². The molecule has 0 saturated carbocycles. The predicted molar refractivity (Wildman–Crippen MR) is 136 cm³/mol. The molecule has 0 unspecified atom stereocenters. The highest BCUT2D eigenvalue weighted by atomic mass is 35.5. The van der Waals surface area contributed by atoms with Gasteiger partial charge in [0.1, 0.15) is 16.7 Å². The minimum absolute atomic E-state index is 0.627. The first-order chi connectivity index (χ1) is 16.5. The molecule has 0 spiro atoms. The second-order valence-electron chi connectivity index (χ2n) is 8.23. The molecule has 6 rings (SSSR count). The van der Waals surface area contributed by atoms with Gasteiger partial charge < -0.3 is 9.88 Å². The van der Waals surface area contributed by atoms with Crippen molar-refractivity contribution in [3.8, 4) is 33.3 Å². The lowest BCUT2D eigenvalue weighted by atomic mass is 10.1. The molecule has 0 amide bonds. The van der Waals surface area contributed by atoms with Crippen LogP contribution < -0.4 is 0 Å². The zero-order valence-corrected chi connectivity index (χ0v) is 19.9. The lowest BCUT2D eigenvalue weighted by Gasteiger charge is -2.10. The fourth-order valence-corrected chi connectivity index (χ4v) is 5.01. The molecule has 2 N–H and O–H groups in total. The van der Waals surface area contributed by atoms with Crippen LogP contribution >= 0.6 is 22.9 Å². The van der Waals surface area contributed by atoms with Crippen molar-refractivity contribution >= 4 is 45.0 Å². The average molecular weight is 487 g/mol. The Morgan fingerprint density at radius 2 is 1.85 bits per heavy atom. The molecular weight excluding hydrogens is 468 g/mol. The Labute approximate surface area is 203 Å². The molecule has 0 aromatic carbocycles. The number of imidazole rings is 1. The van der Waals surface area contributed by atoms with Crippen LogP contribution in [0.3, 0.4) is 0 Å². The van der Waals surface area contributed by atoms with Gasteiger partial charge in [-0.2, -0.15) is 5.10 Å². The van der Waals surface area contributed by atoms with Crippen LogP contribution in [0.4, 0.5) is 0 Å². The molecule has 6 aromatic rings. The van der Waals surface area contributed by atoms with Crippen molar-refractivity contribution in [1.82, 2.24) is 40.0 Å². The Hall–Kier alpha value is -3.66. The number of fused-ring (bicyclic) bond motifs is 2. The van der Waals surface area contributed by atoms with Gasteiger partial charge >= 0.3 is 0 Å². The third kappa shape index (κ3) is 3.73. The van der Waals surface area contributed by atoms with Crippen molar-refractivity contribution in [2.45, 2.75) is 6.54 Å². The smallest absolute Gasteiger partial charge is 0.161 e. The van der Waals surface area contributed by atoms with E-state index in [1.807, 2.05) is 56.8 Å². The molecular formula is C24H19ClN8S. The average Bonchev–Trinajstić information content (AvgIpc) is 3.55. The molecule has 10 heteroatoms. The number of nitrogens with zero attached hydrogens (tertiary/aromatic N) is 6. The Kier molecular flexibility index (Phi) is 5.09. The van der Waals surface area contributed by atoms with Crippen molar-refractivity contribution in [2.24, 2.45) is 0 Å². The Morgan fingerprint density at radius 1 is 0.971 bits per heavy atom. The van der Waals surface area contributed by atoms with Crippen molar-refractivity contribution in [3.05, 3.63) is 64.9 Å². The largest absolute Gasteiger partial charge is 0.336 e. The van der Waals surface area contributed by atoms with E-state index >= 15 is 0 Å². The molecule has 8 nitrogen and oxygen atoms in total. The number of hydrogen-bond donors (Lipinski definition) is 2. The highest BCUT2D eigenvalue weighted by molar-refractivity contribution is 7.19. The molecule has 0 fully saturated rings. The maximum absolute atomic E-state index is 6.15. The van der Waals surface area contributed by atoms with E-state index in [-0.39, 0.29) is 0 Å². The topological polar surface area (TPSA) is 99.3 Å². The second kappa shape index (κ2) is 8.28. The number of aromatic nitrogens is 7. The predicted octanol–water partition coefficient (Wildman–Crippen LogP) is 5.40. The summed E-state index contributed by atoms with van der Waals surface area (Å²) in [7, 11) is 4.08. The fourth-order valence-electron chi connectivity index (χ4n) is 3.97. The van der Waals surface area contributed by atoms with Crippen molar-refractivity contribution in [1.29, 1.82) is 0 Å². The summed E-state index contributed by atoms with van der Waals surface area (Å²) in [5.74, 6) is 0.627. The number of thiophene rings is 1. The van der Waals surface area contributed by atoms with Crippen LogP contribution in [0, 0.1) is 0 Å². The van der Waals surface area contributed by atoms with Gasteiger partial charge in [0.25, 0.3) is 0 Å². The molecule has 0 radical (unpaired) electrons. The zero-order valence-electron chi connectivity index (χ0n) is 18.4. The van der Waals surface area contributed by atoms with Gasteiger partial charge in [-0.3, -0.25) is 15.1 Å². The van der Waals surface area contributed by atoms with Crippen molar-refractivity contribution < 1.29 is 0 Å². The van der Waals surface area contributed by atoms with Crippen LogP contribution in [0.2, 0.25) is 4.34 Å². The van der Waals surface area contributed by atoms with Crippen LogP contribution in [0.15, 0.2) is 55.0 Å². The third-order valence-electron chi connectivity index (χ3n) is 5.43. The number of pyridine rings is 3. The maximum atomic E-state index is 6.15. The van der Waals surface area contributed by atoms with E-state index in [9.17, 15) is 0 Å². The van der Waals surface area contributed by atoms with Crippen LogP contribution in [-0.2, 0) is 6.54 Å². The van der Waals surface area contributed by atoms with Crippen molar-refractivity contribution in [3.63, 3.8) is 0 Å². The van der Waals surface area contributed by atoms with Gasteiger partial charge in [0.2, 0.25) is 0 Å². The number of H-pyrrole nitrogens is 2. The van der Waals surface area contributed by atoms with Gasteiger partial charge in [0.15, 0.2) is 11.5 Å². The SMILES string of the molecule is CN(C)Cc1cncc(-c2ccc3[nH]nc(-c4nc5c(-c6ccc(Cl)s6)nccc5[nH]4)c3n2)c1. The molecule has 6 aromatic heterocycles. The van der Waals surface area contributed by atoms with Gasteiger partial charge in [0, 0.05) is 30.7 Å². The minimum atomic E-state index is 0.627. The molecule has 0 aliphatic heterocycles. The molecule has 168 valence electrons. The van der Waals surface area contributed by atoms with Crippen LogP contribution in [0.1, 0.15) is 5.56 Å². The summed E-state index contributed by atoms with van der Waals surface area (Å²) in [4.78, 5) is 25.2. The number of rotatable bonds is 5. The number of aromatic amines is 2. The summed E-state index contributed by atoms with van der Waals surface area (Å²) in [6, 6.07) is 11.8. The second-order valence-corrected chi connectivity index (χ2v) is 9.94. The monoisotopic (exact) mass is 486 g/mol. The van der Waals surface area contributed by atoms with Gasteiger partial charge in [-0.05, 0) is 56.1 Å². The highest BCUT2D eigenvalue weighted by Crippen LogP contribution is 2.35. The van der Waals surface area contributed by atoms with Gasteiger partial charge in [-0.1, -0.05) is 11.6 Å². The first kappa shape index (κ1) is 20.9. The first-order valence-electron chi connectivity index (χ1n) is 10.6. The number of nitrogens with one attached hydrogen (secondary N) is 2. The highest BCUT2D eigenvalue weighted by Gasteiger charge is 2.18. The lowest BCUT2D eigenvalue weighted by Crippen LogP contribution is -2.10. The molecule has 34 heavy (non-hydrogen) atoms. The first-order valence-corrected chi connectivity index (χ1v) is 11.8. The summed E-state index contributed by atoms with van der Waals surface area (Å²) < 4.78 is 0.712. The maximum Gasteiger partial charge on any atom is 0.161 e. The molecule has 0 aliphatic rings. The number of halogens is 1. The summed E-state index contributed by atoms with van der Waals surface area (Å²) in [6.07, 6.45) is 5.48. The molecule has 0 atom stereocenters. The van der Waals surface area contributed by atoms with E-state index in [1.165, 1.54) is 11.3 Å². The van der Waals surface area contributed by atoms with Gasteiger partial charge in [-0.25, -0.2) is 9.97 Å². The van der Waals surface area contributed by atoms with E-state index < -0.39 is 0 Å². The standard InChI is InChI=1S/C24H19ClN8S/c1-33(2)12-13-9-14(11-26-10-13)15-3-4-17-21(28-15)23(32-31-17)24-29-16-7-8-27-22(20(16)30-24)18-5-6-19(25)34-18/h3-11H,12H2,1-2H3,(H,29,30)(H,31,32). The quantitative estimate of drug-likeness (QED) is 0.338. The van der Waals surface area contributed by atoms with E-state index in [2.05, 4.69) is 36.1 Å².